The Morgan fingerprint density at radius 1 is 1.11 bits per heavy atom. The summed E-state index contributed by atoms with van der Waals surface area (Å²) in [5.74, 6) is 2.43. The molecule has 2 heteroatoms. The molecule has 0 bridgehead atoms. The van der Waals surface area contributed by atoms with Crippen molar-refractivity contribution in [3.8, 4) is 0 Å². The van der Waals surface area contributed by atoms with Gasteiger partial charge in [0.25, 0.3) is 0 Å². The lowest BCUT2D eigenvalue weighted by Crippen LogP contribution is -1.82. The predicted octanol–water partition coefficient (Wildman–Crippen LogP) is 0.908. The molecule has 0 aromatic heterocycles. The summed E-state index contributed by atoms with van der Waals surface area (Å²) in [7, 11) is 0. The molecule has 0 aliphatic heterocycles. The van der Waals surface area contributed by atoms with Gasteiger partial charge >= 0.3 is 0 Å². The van der Waals surface area contributed by atoms with Gasteiger partial charge in [0.05, 0.1) is 0 Å². The Bertz CT molecular complexity index is 85.1. The van der Waals surface area contributed by atoms with E-state index in [-0.39, 0.29) is 6.41 Å². The van der Waals surface area contributed by atoms with Gasteiger partial charge in [0.15, 0.2) is 0 Å². The molecule has 0 aromatic carbocycles. The lowest BCUT2D eigenvalue weighted by Gasteiger charge is -1.77. The van der Waals surface area contributed by atoms with Gasteiger partial charge in [0.2, 0.25) is 6.41 Å². The zero-order valence-corrected chi connectivity index (χ0v) is 5.55. The van der Waals surface area contributed by atoms with Crippen LogP contribution in [-0.2, 0) is 4.79 Å². The first kappa shape index (κ1) is 6.59. The Morgan fingerprint density at radius 3 is 1.44 bits per heavy atom. The summed E-state index contributed by atoms with van der Waals surface area (Å²) >= 11 is 0. The van der Waals surface area contributed by atoms with E-state index in [1.165, 1.54) is 11.8 Å². The van der Waals surface area contributed by atoms with E-state index in [4.69, 9.17) is 4.79 Å². The topological polar surface area (TPSA) is 43.1 Å². The van der Waals surface area contributed by atoms with Crippen LogP contribution >= 0.6 is 0 Å². The molecule has 0 heterocycles. The Balaban J connectivity index is 0.000000120. The fourth-order valence-corrected chi connectivity index (χ4v) is 1.14. The first-order valence-corrected chi connectivity index (χ1v) is 3.54. The van der Waals surface area contributed by atoms with E-state index in [0.717, 1.165) is 0 Å². The van der Waals surface area contributed by atoms with Crippen molar-refractivity contribution in [3.63, 3.8) is 0 Å². The number of hydrogen-bond donors (Lipinski definition) is 1. The highest BCUT2D eigenvalue weighted by molar-refractivity contribution is 5.42. The molecule has 2 aliphatic carbocycles. The average molecular weight is 127 g/mol. The molecule has 2 rings (SSSR count). The molecule has 9 heavy (non-hydrogen) atoms. The number of amides is 1. The highest BCUT2D eigenvalue weighted by atomic mass is 16.1. The van der Waals surface area contributed by atoms with Gasteiger partial charge in [0.1, 0.15) is 0 Å². The lowest BCUT2D eigenvalue weighted by atomic mass is 10.3. The molecule has 0 saturated heterocycles. The number of carbonyl (C=O) groups is 1. The molecule has 2 nitrogen and oxygen atoms in total. The molecule has 52 valence electrons. The van der Waals surface area contributed by atoms with E-state index in [0.29, 0.717) is 0 Å². The van der Waals surface area contributed by atoms with Crippen LogP contribution in [0.15, 0.2) is 0 Å². The van der Waals surface area contributed by atoms with Crippen LogP contribution in [0.25, 0.3) is 0 Å². The van der Waals surface area contributed by atoms with Crippen molar-refractivity contribution in [1.82, 2.24) is 0 Å². The maximum atomic E-state index is 8.58. The molecule has 2 fully saturated rings. The maximum absolute atomic E-state index is 8.58. The fraction of sp³-hybridized carbons (Fsp3) is 0.857. The highest BCUT2D eigenvalue weighted by Crippen LogP contribution is 2.49. The van der Waals surface area contributed by atoms with Crippen LogP contribution in [0.1, 0.15) is 25.7 Å². The summed E-state index contributed by atoms with van der Waals surface area (Å²) in [6.07, 6.45) is 6.49. The molecule has 2 N–H and O–H groups in total. The minimum atomic E-state index is 0.250. The highest BCUT2D eigenvalue weighted by Gasteiger charge is 2.37. The second-order valence-corrected chi connectivity index (χ2v) is 2.81. The molecular formula is C7H13NO. The number of hydrogen-bond acceptors (Lipinski definition) is 1. The van der Waals surface area contributed by atoms with Crippen LogP contribution in [0.2, 0.25) is 0 Å². The third-order valence-corrected chi connectivity index (χ3v) is 1.91. The molecule has 0 unspecified atom stereocenters. The quantitative estimate of drug-likeness (QED) is 0.523. The molecule has 0 atom stereocenters. The Morgan fingerprint density at radius 2 is 1.33 bits per heavy atom. The zero-order chi connectivity index (χ0) is 6.69. The van der Waals surface area contributed by atoms with Crippen molar-refractivity contribution in [2.24, 2.45) is 17.6 Å². The van der Waals surface area contributed by atoms with Crippen LogP contribution < -0.4 is 5.73 Å². The Kier molecular flexibility index (Phi) is 2.09. The molecule has 0 spiro atoms. The molecule has 0 aromatic rings. The Labute approximate surface area is 55.4 Å². The van der Waals surface area contributed by atoms with E-state index in [1.807, 2.05) is 0 Å². The van der Waals surface area contributed by atoms with E-state index in [9.17, 15) is 0 Å². The standard InChI is InChI=1S/C6H10.CH3NO/c1-2-5(1)6-3-4-6;2-1-3/h5-6H,1-4H2;1H,(H2,2,3). The van der Waals surface area contributed by atoms with Crippen LogP contribution in [0.5, 0.6) is 0 Å². The van der Waals surface area contributed by atoms with Crippen LogP contribution in [0, 0.1) is 11.8 Å². The van der Waals surface area contributed by atoms with Gasteiger partial charge in [-0.2, -0.15) is 0 Å². The summed E-state index contributed by atoms with van der Waals surface area (Å²) in [6.45, 7) is 0. The molecule has 1 amide bonds. The van der Waals surface area contributed by atoms with E-state index < -0.39 is 0 Å². The predicted molar refractivity (Wildman–Crippen MR) is 35.7 cm³/mol. The van der Waals surface area contributed by atoms with Gasteiger partial charge in [-0.05, 0) is 37.5 Å². The van der Waals surface area contributed by atoms with E-state index >= 15 is 0 Å². The van der Waals surface area contributed by atoms with Gasteiger partial charge in [-0.25, -0.2) is 0 Å². The van der Waals surface area contributed by atoms with Crippen molar-refractivity contribution in [2.75, 3.05) is 0 Å². The van der Waals surface area contributed by atoms with Gasteiger partial charge in [-0.3, -0.25) is 4.79 Å². The lowest BCUT2D eigenvalue weighted by molar-refractivity contribution is -0.106. The fourth-order valence-electron chi connectivity index (χ4n) is 1.14. The van der Waals surface area contributed by atoms with E-state index in [1.54, 1.807) is 25.7 Å². The zero-order valence-electron chi connectivity index (χ0n) is 5.55. The minimum absolute atomic E-state index is 0.250. The number of primary amides is 1. The summed E-state index contributed by atoms with van der Waals surface area (Å²) in [5.41, 5.74) is 4.17. The first-order chi connectivity index (χ1) is 4.38. The average Bonchev–Trinajstić information content (AvgIpc) is 2.63. The van der Waals surface area contributed by atoms with Crippen molar-refractivity contribution >= 4 is 6.41 Å². The van der Waals surface area contributed by atoms with Gasteiger partial charge in [0, 0.05) is 0 Å². The van der Waals surface area contributed by atoms with Crippen molar-refractivity contribution in [3.05, 3.63) is 0 Å². The van der Waals surface area contributed by atoms with Crippen molar-refractivity contribution in [2.45, 2.75) is 25.7 Å². The van der Waals surface area contributed by atoms with Crippen molar-refractivity contribution in [1.29, 1.82) is 0 Å². The van der Waals surface area contributed by atoms with Crippen LogP contribution in [0.4, 0.5) is 0 Å². The Hall–Kier alpha value is -0.530. The monoisotopic (exact) mass is 127 g/mol. The maximum Gasteiger partial charge on any atom is 0.204 e. The molecule has 0 radical (unpaired) electrons. The number of rotatable bonds is 1. The molecule has 2 aliphatic rings. The number of nitrogens with two attached hydrogens (primary N) is 1. The SMILES string of the molecule is C1CC1C1CC1.NC=O. The summed E-state index contributed by atoms with van der Waals surface area (Å²) in [4.78, 5) is 8.58. The summed E-state index contributed by atoms with van der Waals surface area (Å²) in [5, 5.41) is 0. The van der Waals surface area contributed by atoms with Gasteiger partial charge in [-0.1, -0.05) is 0 Å². The third-order valence-electron chi connectivity index (χ3n) is 1.91. The smallest absolute Gasteiger partial charge is 0.204 e. The number of carbonyl (C=O) groups excluding carboxylic acids is 1. The minimum Gasteiger partial charge on any atom is -0.372 e. The normalized spacial score (nSPS) is 24.0. The largest absolute Gasteiger partial charge is 0.372 e. The van der Waals surface area contributed by atoms with E-state index in [2.05, 4.69) is 5.73 Å². The van der Waals surface area contributed by atoms with Crippen LogP contribution in [-0.4, -0.2) is 6.41 Å². The first-order valence-electron chi connectivity index (χ1n) is 3.54. The van der Waals surface area contributed by atoms with Crippen molar-refractivity contribution < 1.29 is 4.79 Å². The van der Waals surface area contributed by atoms with Gasteiger partial charge < -0.3 is 5.73 Å². The summed E-state index contributed by atoms with van der Waals surface area (Å²) in [6, 6.07) is 0. The third kappa shape index (κ3) is 2.49. The molecular weight excluding hydrogens is 114 g/mol. The molecule has 2 saturated carbocycles. The second-order valence-electron chi connectivity index (χ2n) is 2.81. The van der Waals surface area contributed by atoms with Gasteiger partial charge in [-0.15, -0.1) is 0 Å². The summed E-state index contributed by atoms with van der Waals surface area (Å²) < 4.78 is 0. The van der Waals surface area contributed by atoms with Crippen LogP contribution in [0.3, 0.4) is 0 Å². The second kappa shape index (κ2) is 2.85.